The van der Waals surface area contributed by atoms with Gasteiger partial charge in [0, 0.05) is 80.7 Å². The molecule has 143 heavy (non-hydrogen) atoms. The van der Waals surface area contributed by atoms with Crippen LogP contribution in [0.2, 0.25) is 0 Å². The number of carbonyl (C=O) groups is 8. The maximum absolute atomic E-state index is 14.2. The molecule has 3 aromatic heterocycles. The van der Waals surface area contributed by atoms with Gasteiger partial charge in [0.05, 0.1) is 97.6 Å². The van der Waals surface area contributed by atoms with Crippen molar-refractivity contribution in [1.29, 1.82) is 0 Å². The number of alkyl halides is 1. The molecule has 2 amide bonds. The lowest BCUT2D eigenvalue weighted by Crippen LogP contribution is -2.52. The van der Waals surface area contributed by atoms with Crippen LogP contribution in [0.4, 0.5) is 21.2 Å². The van der Waals surface area contributed by atoms with Crippen molar-refractivity contribution in [2.45, 2.75) is 311 Å². The Kier molecular flexibility index (Phi) is 37.3. The van der Waals surface area contributed by atoms with Gasteiger partial charge < -0.3 is 68.8 Å². The second-order valence-electron chi connectivity index (χ2n) is 45.2. The minimum absolute atomic E-state index is 0.00230. The molecule has 3 aliphatic carbocycles. The lowest BCUT2D eigenvalue weighted by Gasteiger charge is -2.35. The first kappa shape index (κ1) is 114. The first-order valence-electron chi connectivity index (χ1n) is 49.4. The van der Waals surface area contributed by atoms with Crippen molar-refractivity contribution >= 4 is 129 Å². The second kappa shape index (κ2) is 46.7. The molecule has 0 spiro atoms. The normalized spacial score (nSPS) is 19.8. The predicted octanol–water partition coefficient (Wildman–Crippen LogP) is 19.6. The molecule has 1 unspecified atom stereocenters. The number of esters is 3. The van der Waals surface area contributed by atoms with Crippen LogP contribution in [0.1, 0.15) is 268 Å². The minimum atomic E-state index is -4.03. The number of carbonyl (C=O) groups excluding carboxylic acids is 7. The molecule has 35 heteroatoms. The quantitative estimate of drug-likeness (QED) is 0.0137. The number of ether oxygens (including phenoxy) is 9. The first-order valence-corrected chi connectivity index (χ1v) is 55.2. The van der Waals surface area contributed by atoms with Gasteiger partial charge in [-0.1, -0.05) is 93.5 Å². The number of Topliss-reactive ketones (excluding diaryl/α,β-unsaturated/α-hetero) is 2. The van der Waals surface area contributed by atoms with Gasteiger partial charge in [0.15, 0.2) is 17.4 Å². The molecule has 0 saturated carbocycles. The molecule has 13 rings (SSSR count). The highest BCUT2D eigenvalue weighted by atomic mass is 35.5. The fourth-order valence-electron chi connectivity index (χ4n) is 19.2. The fourth-order valence-corrected chi connectivity index (χ4v) is 26.4. The highest BCUT2D eigenvalue weighted by molar-refractivity contribution is 7.89. The first-order chi connectivity index (χ1) is 66.6. The van der Waals surface area contributed by atoms with Gasteiger partial charge >= 0.3 is 30.0 Å². The van der Waals surface area contributed by atoms with Crippen LogP contribution >= 0.6 is 45.6 Å². The average Bonchev–Trinajstić information content (AvgIpc) is 1.60. The number of nitrogens with one attached hydrogen (secondary N) is 3. The molecule has 6 aliphatic rings. The Morgan fingerprint density at radius 1 is 0.566 bits per heavy atom. The maximum Gasteiger partial charge on any atom is 0.412 e. The summed E-state index contributed by atoms with van der Waals surface area (Å²) in [5.74, 6) is -3.53. The van der Waals surface area contributed by atoms with Crippen LogP contribution in [-0.4, -0.2) is 213 Å². The van der Waals surface area contributed by atoms with Crippen LogP contribution in [0, 0.1) is 39.9 Å². The molecule has 5 N–H and O–H groups in total. The smallest absolute Gasteiger partial charge is 0.412 e. The molecule has 3 aliphatic heterocycles. The van der Waals surface area contributed by atoms with Gasteiger partial charge in [-0.2, -0.15) is 8.61 Å². The number of carboxylic acid groups (broad SMARTS) is 1. The van der Waals surface area contributed by atoms with Gasteiger partial charge in [0.25, 0.3) is 0 Å². The lowest BCUT2D eigenvalue weighted by atomic mass is 9.76. The van der Waals surface area contributed by atoms with E-state index in [0.717, 1.165) is 99.5 Å². The Labute approximate surface area is 862 Å². The molecule has 7 aromatic rings. The second-order valence-corrected chi connectivity index (χ2v) is 52.8. The van der Waals surface area contributed by atoms with E-state index in [1.54, 1.807) is 87.3 Å². The zero-order valence-corrected chi connectivity index (χ0v) is 92.4. The number of nitrogens with zero attached hydrogens (tertiary/aromatic N) is 3. The number of fused-ring (bicyclic) bond motifs is 4. The number of anilines is 3. The number of aliphatic hydroxyl groups is 1. The summed E-state index contributed by atoms with van der Waals surface area (Å²) in [6.07, 6.45) is 6.19. The summed E-state index contributed by atoms with van der Waals surface area (Å²) in [7, 11) is -4.97. The van der Waals surface area contributed by atoms with E-state index in [1.165, 1.54) is 74.6 Å². The standard InChI is InChI=1S/C47H67N3O9S2.C44H58N2O11S2.C17H24ClNO3S/c1-30(2)28-49(61(54,55)35-20-18-34(56-13)19-21-35)29-38-37(50(47(11,12)57-38)43(53)59-45(6,7)8)24-31-14-16-32(17-15-31)48-27-33(51)25-40-41(42(52)58-44(3,4)5)36-26-46(9,10)23-22-39(36)60-40;1-27(2)24-46(59(52,53)33-13-11-32(54-6)12-14-33)25-36(48)29(20-40(49)57-37-26-56-44(5)35(37)16-18-55-44)19-28-7-9-30(10-8-28)45-23-31(47)21-39-41(42(50)51)34-22-43(3,4)17-15-38(34)58-39;1-16(2,3)22-15(21)13-10-8-17(4,5)7-6-11(10)23-14(13)19-12(20)9-18/h14-21,30,37-38,48H,22-29H2,1-13H3;7-14,27,29,35-37,45,48H,15-26H2,1-6H3,(H,50,51);6-9H2,1-5H3,(H,19,20)/t37-,38+;29-,35+,36-,37?,44-;/m01./s1. The van der Waals surface area contributed by atoms with Crippen molar-refractivity contribution in [1.82, 2.24) is 13.5 Å². The van der Waals surface area contributed by atoms with Gasteiger partial charge in [-0.15, -0.1) is 45.6 Å². The third kappa shape index (κ3) is 30.7. The van der Waals surface area contributed by atoms with Crippen LogP contribution in [0.5, 0.6) is 11.5 Å². The van der Waals surface area contributed by atoms with Gasteiger partial charge in [-0.3, -0.25) is 24.1 Å². The number of hydrogen-bond donors (Lipinski definition) is 5. The summed E-state index contributed by atoms with van der Waals surface area (Å²) >= 11 is 10.1. The predicted molar refractivity (Wildman–Crippen MR) is 558 cm³/mol. The molecule has 3 saturated heterocycles. The van der Waals surface area contributed by atoms with E-state index >= 15 is 0 Å². The lowest BCUT2D eigenvalue weighted by molar-refractivity contribution is -0.181. The number of hydrogen-bond acceptors (Lipinski definition) is 27. The number of rotatable bonds is 37. The molecule has 0 bridgehead atoms. The number of ketones is 2. The molecule has 6 heterocycles. The minimum Gasteiger partial charge on any atom is -0.497 e. The SMILES string of the molecule is CC1(C)CCc2sc(NC(=O)CCl)c(C(=O)OC(C)(C)C)c2C1.COc1ccc(S(=O)(=O)N(CC(C)C)C[C@@H](O)[C@@H](CC(=O)OC2CO[C@@]3(C)OCC[C@@H]23)Cc2ccc(NCC(=O)Cc3sc4c(c3C(=O)O)CC(C)(C)CC4)cc2)cc1.COc1ccc(S(=O)(=O)N(CC(C)C)C[C@H]2OC(C)(C)N(C(=O)OC(C)(C)C)[C@H]2Cc2ccc(NCC(=O)Cc3sc4c(c3C(=O)OC(C)(C)C)CC(C)(C)CC4)cc2)cc1. The summed E-state index contributed by atoms with van der Waals surface area (Å²) < 4.78 is 111. The number of sulfonamides is 2. The fraction of sp³-hybridized carbons (Fsp3) is 0.593. The summed E-state index contributed by atoms with van der Waals surface area (Å²) in [6, 6.07) is 26.7. The third-order valence-electron chi connectivity index (χ3n) is 26.2. The molecule has 0 radical (unpaired) electrons. The van der Waals surface area contributed by atoms with E-state index < -0.39 is 96.7 Å². The molecule has 3 fully saturated rings. The van der Waals surface area contributed by atoms with Crippen LogP contribution in [0.3, 0.4) is 0 Å². The number of benzene rings is 4. The molecule has 7 atom stereocenters. The van der Waals surface area contributed by atoms with Crippen LogP contribution < -0.4 is 25.4 Å². The highest BCUT2D eigenvalue weighted by Crippen LogP contribution is 2.49. The zero-order chi connectivity index (χ0) is 105. The van der Waals surface area contributed by atoms with Crippen molar-refractivity contribution in [3.63, 3.8) is 0 Å². The number of aromatic carboxylic acids is 1. The van der Waals surface area contributed by atoms with Crippen molar-refractivity contribution in [2.24, 2.45) is 39.9 Å². The Morgan fingerprint density at radius 2 is 1.01 bits per heavy atom. The monoisotopic (exact) mass is 2090 g/mol. The number of halogens is 1. The number of amides is 2. The van der Waals surface area contributed by atoms with E-state index in [0.29, 0.717) is 64.1 Å². The van der Waals surface area contributed by atoms with Crippen LogP contribution in [0.25, 0.3) is 0 Å². The Bertz CT molecular complexity index is 5910. The zero-order valence-electron chi connectivity index (χ0n) is 87.6. The van der Waals surface area contributed by atoms with Gasteiger partial charge in [-0.05, 0) is 289 Å². The summed E-state index contributed by atoms with van der Waals surface area (Å²) in [6.45, 7) is 43.6. The summed E-state index contributed by atoms with van der Waals surface area (Å²) in [5, 5.41) is 31.6. The summed E-state index contributed by atoms with van der Waals surface area (Å²) in [5.41, 5.74) is 4.39. The van der Waals surface area contributed by atoms with Gasteiger partial charge in [-0.25, -0.2) is 36.0 Å². The topological polar surface area (TPSA) is 374 Å². The van der Waals surface area contributed by atoms with Crippen molar-refractivity contribution < 1.29 is 108 Å². The number of aliphatic hydroxyl groups excluding tert-OH is 1. The van der Waals surface area contributed by atoms with Gasteiger partial charge in [0.2, 0.25) is 26.0 Å². The molecular weight excluding hydrogens is 1940 g/mol. The van der Waals surface area contributed by atoms with E-state index in [4.69, 9.17) is 54.2 Å². The van der Waals surface area contributed by atoms with E-state index in [1.807, 2.05) is 113 Å². The van der Waals surface area contributed by atoms with Gasteiger partial charge in [0.1, 0.15) is 51.0 Å². The summed E-state index contributed by atoms with van der Waals surface area (Å²) in [4.78, 5) is 111. The van der Waals surface area contributed by atoms with E-state index in [2.05, 4.69) is 57.5 Å². The Balaban J connectivity index is 0.000000224. The van der Waals surface area contributed by atoms with Crippen molar-refractivity contribution in [3.8, 4) is 11.5 Å². The molecular formula is C108H149ClN6O23S5. The van der Waals surface area contributed by atoms with Crippen molar-refractivity contribution in [3.05, 3.63) is 166 Å². The third-order valence-corrected chi connectivity index (χ3v) is 33.9. The number of carboxylic acids is 1. The average molecular weight is 2100 g/mol. The maximum atomic E-state index is 14.2. The number of aryl methyl sites for hydroxylation is 3. The largest absolute Gasteiger partial charge is 0.497 e. The van der Waals surface area contributed by atoms with Crippen LogP contribution in [0.15, 0.2) is 107 Å². The number of thiophene rings is 3. The van der Waals surface area contributed by atoms with E-state index in [9.17, 15) is 65.4 Å². The number of methoxy groups -OCH3 is 2. The molecule has 786 valence electrons. The molecule has 29 nitrogen and oxygen atoms in total. The Morgan fingerprint density at radius 3 is 1.47 bits per heavy atom. The molecule has 4 aromatic carbocycles. The highest BCUT2D eigenvalue weighted by Gasteiger charge is 2.55. The van der Waals surface area contributed by atoms with Crippen molar-refractivity contribution in [2.75, 3.05) is 88.5 Å². The van der Waals surface area contributed by atoms with E-state index in [-0.39, 0.29) is 156 Å². The Hall–Kier alpha value is -8.91. The van der Waals surface area contributed by atoms with Crippen LogP contribution in [-0.2, 0) is 137 Å².